The van der Waals surface area contributed by atoms with Crippen molar-refractivity contribution in [2.75, 3.05) is 243 Å². The fourth-order valence-corrected chi connectivity index (χ4v) is 15.8. The minimum Gasteiger partial charge on any atom is -0.461 e. The number of nitrogens with zero attached hydrogens (tertiary/aromatic N) is 1. The minimum absolute atomic E-state index is 0.00209. The molecule has 11 fully saturated rings. The number of anilines is 1. The van der Waals surface area contributed by atoms with Crippen molar-refractivity contribution in [3.63, 3.8) is 0 Å². The Bertz CT molecular complexity index is 4170. The summed E-state index contributed by atoms with van der Waals surface area (Å²) in [6.45, 7) is 49.8. The van der Waals surface area contributed by atoms with Crippen LogP contribution >= 0.6 is 0 Å². The van der Waals surface area contributed by atoms with Gasteiger partial charge in [0.1, 0.15) is 52.9 Å². The summed E-state index contributed by atoms with van der Waals surface area (Å²) in [5, 5.41) is 2.79. The highest BCUT2D eigenvalue weighted by molar-refractivity contribution is 6.10. The lowest BCUT2D eigenvalue weighted by atomic mass is 9.84. The van der Waals surface area contributed by atoms with Crippen molar-refractivity contribution in [2.24, 2.45) is 64.6 Å². The van der Waals surface area contributed by atoms with Gasteiger partial charge >= 0.3 is 35.9 Å². The largest absolute Gasteiger partial charge is 0.461 e. The number of nitrogens with one attached hydrogen (secondary N) is 1. The summed E-state index contributed by atoms with van der Waals surface area (Å²) in [4.78, 5) is 104. The predicted octanol–water partition coefficient (Wildman–Crippen LogP) is 16.3. The molecule has 0 unspecified atom stereocenters. The van der Waals surface area contributed by atoms with Crippen molar-refractivity contribution in [1.82, 2.24) is 0 Å². The summed E-state index contributed by atoms with van der Waals surface area (Å²) < 4.78 is 109. The average molecular weight is 1920 g/mol. The van der Waals surface area contributed by atoms with Crippen LogP contribution < -0.4 is 5.32 Å². The van der Waals surface area contributed by atoms with E-state index in [4.69, 9.17) is 114 Å². The standard InChI is InChI=1S/C34H46O12.C27H34N2O6.C20H28O6.C14H26O4.C10H18O2/c1-5-31(11-39-12-31)19-43-27(35)23-9-25(29(37)45-21-33(7-3)15-41-16-33)26(30(38)46-22-34(8-4)17-42-18-34)10-24(23)28(36)44-20-32(6-2)13-40-14-32;1-3-26(14-31-15-26)18-33-25(30)29-24-11-7-22(8-12-24)13-21-5-9-23(10-6-21)28-20-35-34-19-27(4-2)16-32-17-27;1-3-19(10-22-11-19)14-24-18(21)17-7-5-16(6-8-17)9-25-26-15-20(4-2)12-23-13-20;1-3-13(9-17-10-13)7-15-5-6-16-8-14(4-2)11-18-12-14;1-4-10(7-12-8-10)6-11-5-9(2)3/h9-10H,5-8,11-22H2,1-4H3;5-12,20H,3-4,13-19H2,1-2H3,(H,29,30);5-8H,3-4,9-15H2,1-2H3;3-12H2,1-2H3;2,4-8H2,1,3H3. The predicted molar refractivity (Wildman–Crippen MR) is 507 cm³/mol. The van der Waals surface area contributed by atoms with E-state index < -0.39 is 30.0 Å². The van der Waals surface area contributed by atoms with E-state index in [0.29, 0.717) is 162 Å². The van der Waals surface area contributed by atoms with Crippen LogP contribution in [-0.4, -0.2) is 280 Å². The third-order valence-electron chi connectivity index (χ3n) is 29.4. The molecule has 1 amide bonds. The summed E-state index contributed by atoms with van der Waals surface area (Å²) in [6, 6.07) is 25.3. The maximum Gasteiger partial charge on any atom is 0.411 e. The number of hydrogen-bond donors (Lipinski definition) is 1. The van der Waals surface area contributed by atoms with E-state index in [1.165, 1.54) is 18.5 Å². The number of benzene rings is 4. The van der Waals surface area contributed by atoms with Crippen LogP contribution in [0.2, 0.25) is 0 Å². The third kappa shape index (κ3) is 30.5. The number of rotatable bonds is 52. The van der Waals surface area contributed by atoms with Gasteiger partial charge in [-0.05, 0) is 149 Å². The number of amides is 1. The second-order valence-electron chi connectivity index (χ2n) is 40.2. The van der Waals surface area contributed by atoms with Crippen LogP contribution in [0.5, 0.6) is 0 Å². The number of ether oxygens (including phenoxy) is 20. The molecule has 0 bridgehead atoms. The Labute approximate surface area is 808 Å². The lowest BCUT2D eigenvalue weighted by molar-refractivity contribution is -0.335. The van der Waals surface area contributed by atoms with Crippen LogP contribution in [0, 0.1) is 59.6 Å². The van der Waals surface area contributed by atoms with Crippen molar-refractivity contribution in [3.05, 3.63) is 142 Å². The molecule has 137 heavy (non-hydrogen) atoms. The zero-order chi connectivity index (χ0) is 98.0. The number of carbonyl (C=O) groups is 6. The first-order valence-corrected chi connectivity index (χ1v) is 49.2. The summed E-state index contributed by atoms with van der Waals surface area (Å²) in [5.41, 5.74) is 5.30. The van der Waals surface area contributed by atoms with Gasteiger partial charge in [0.25, 0.3) is 0 Å². The van der Waals surface area contributed by atoms with E-state index in [1.807, 2.05) is 95.3 Å². The van der Waals surface area contributed by atoms with Gasteiger partial charge in [-0.25, -0.2) is 43.5 Å². The quantitative estimate of drug-likeness (QED) is 0.00627. The maximum atomic E-state index is 13.6. The van der Waals surface area contributed by atoms with Crippen LogP contribution in [0.4, 0.5) is 16.2 Å². The van der Waals surface area contributed by atoms with Gasteiger partial charge < -0.3 is 99.6 Å². The molecule has 0 atom stereocenters. The number of aliphatic imine (C=N–C) groups is 1. The normalized spacial score (nSPS) is 20.5. The molecule has 0 radical (unpaired) electrons. The Hall–Kier alpha value is -7.97. The fraction of sp³-hybridized carbons (Fsp3) is 0.686. The molecule has 11 heterocycles. The van der Waals surface area contributed by atoms with Gasteiger partial charge in [0.2, 0.25) is 6.40 Å². The Balaban J connectivity index is 0.000000175. The molecule has 11 aliphatic rings. The molecule has 15 rings (SSSR count). The summed E-state index contributed by atoms with van der Waals surface area (Å²) >= 11 is 0. The molecule has 32 nitrogen and oxygen atoms in total. The average Bonchev–Trinajstić information content (AvgIpc) is 0.769. The van der Waals surface area contributed by atoms with Crippen LogP contribution in [0.1, 0.15) is 222 Å². The third-order valence-corrected chi connectivity index (χ3v) is 29.4. The number of carbonyl (C=O) groups excluding carboxylic acids is 6. The lowest BCUT2D eigenvalue weighted by Gasteiger charge is -2.41. The molecule has 4 aromatic rings. The van der Waals surface area contributed by atoms with Gasteiger partial charge in [-0.1, -0.05) is 125 Å². The first-order valence-electron chi connectivity index (χ1n) is 49.2. The van der Waals surface area contributed by atoms with Crippen molar-refractivity contribution in [1.29, 1.82) is 0 Å². The molecule has 0 saturated carbocycles. The molecule has 11 saturated heterocycles. The molecular weight excluding hydrogens is 1770 g/mol. The van der Waals surface area contributed by atoms with E-state index in [0.717, 1.165) is 178 Å². The summed E-state index contributed by atoms with van der Waals surface area (Å²) in [6.07, 6.45) is 11.8. The van der Waals surface area contributed by atoms with Gasteiger partial charge in [-0.3, -0.25) is 5.32 Å². The molecule has 762 valence electrons. The van der Waals surface area contributed by atoms with E-state index >= 15 is 0 Å². The van der Waals surface area contributed by atoms with Crippen molar-refractivity contribution >= 4 is 53.7 Å². The highest BCUT2D eigenvalue weighted by atomic mass is 17.2. The SMILES string of the molecule is C=C(C)COCC1(CC)COC1.CCC1(COC(=O)c2cc(C(=O)OCC3(CC)COC3)c(C(=O)OCC3(CC)COC3)cc2C(=O)OCC2(CC)COC2)COC1.CCC1(COCCOCC2(CC)COC2)COC1.CCC1(COOC=Nc2ccc(Cc3ccc(NC(=O)OCC4(CC)COC4)cc3)cc2)COC1.CCC1(COOCc2ccc(C(=O)OCC3(CC)COC3)cc2)COC1. The molecule has 1 N–H and O–H groups in total. The van der Waals surface area contributed by atoms with Gasteiger partial charge in [0.05, 0.1) is 258 Å². The zero-order valence-corrected chi connectivity index (χ0v) is 83.2. The first-order chi connectivity index (χ1) is 66.1. The summed E-state index contributed by atoms with van der Waals surface area (Å²) in [7, 11) is 0. The summed E-state index contributed by atoms with van der Waals surface area (Å²) in [5.74, 6) is -3.61. The Kier molecular flexibility index (Phi) is 41.7. The monoisotopic (exact) mass is 1920 g/mol. The molecular formula is C105H152N2O30. The van der Waals surface area contributed by atoms with E-state index in [2.05, 4.69) is 65.4 Å². The fourth-order valence-electron chi connectivity index (χ4n) is 15.8. The zero-order valence-electron chi connectivity index (χ0n) is 83.2. The highest BCUT2D eigenvalue weighted by Crippen LogP contribution is 2.41. The van der Waals surface area contributed by atoms with E-state index in [-0.39, 0.29) is 109 Å². The second kappa shape index (κ2) is 52.2. The van der Waals surface area contributed by atoms with Crippen LogP contribution in [0.3, 0.4) is 0 Å². The van der Waals surface area contributed by atoms with Crippen molar-refractivity contribution in [2.45, 2.75) is 167 Å². The van der Waals surface area contributed by atoms with E-state index in [1.54, 1.807) is 12.1 Å². The first kappa shape index (κ1) is 109. The number of hydrogen-bond acceptors (Lipinski definition) is 31. The molecule has 32 heteroatoms. The van der Waals surface area contributed by atoms with Crippen molar-refractivity contribution in [3.8, 4) is 0 Å². The van der Waals surface area contributed by atoms with Gasteiger partial charge in [0.15, 0.2) is 0 Å². The van der Waals surface area contributed by atoms with Crippen LogP contribution in [-0.2, 0) is 127 Å². The smallest absolute Gasteiger partial charge is 0.411 e. The van der Waals surface area contributed by atoms with Crippen LogP contribution in [0.25, 0.3) is 0 Å². The molecule has 11 aliphatic heterocycles. The minimum atomic E-state index is -0.827. The van der Waals surface area contributed by atoms with Gasteiger partial charge in [-0.2, -0.15) is 4.89 Å². The van der Waals surface area contributed by atoms with Crippen molar-refractivity contribution < 1.29 is 143 Å². The van der Waals surface area contributed by atoms with Crippen LogP contribution in [0.15, 0.2) is 102 Å². The molecule has 0 spiro atoms. The molecule has 4 aromatic carbocycles. The van der Waals surface area contributed by atoms with Gasteiger partial charge in [0, 0.05) is 32.8 Å². The van der Waals surface area contributed by atoms with Gasteiger partial charge in [-0.15, -0.1) is 0 Å². The Morgan fingerprint density at radius 3 is 0.891 bits per heavy atom. The Morgan fingerprint density at radius 2 is 0.591 bits per heavy atom. The lowest BCUT2D eigenvalue weighted by Crippen LogP contribution is -2.46. The molecule has 0 aliphatic carbocycles. The highest BCUT2D eigenvalue weighted by Gasteiger charge is 2.47. The second-order valence-corrected chi connectivity index (χ2v) is 40.2. The maximum absolute atomic E-state index is 13.6. The number of esters is 5. The topological polar surface area (TPSA) is 348 Å². The Morgan fingerprint density at radius 1 is 0.321 bits per heavy atom. The molecule has 0 aromatic heterocycles. The van der Waals surface area contributed by atoms with E-state index in [9.17, 15) is 28.8 Å².